The Bertz CT molecular complexity index is 414. The summed E-state index contributed by atoms with van der Waals surface area (Å²) in [6.07, 6.45) is 0. The number of fused-ring (bicyclic) bond motifs is 1. The van der Waals surface area contributed by atoms with Crippen molar-refractivity contribution in [2.24, 2.45) is 0 Å². The van der Waals surface area contributed by atoms with Crippen molar-refractivity contribution in [2.75, 3.05) is 13.7 Å². The van der Waals surface area contributed by atoms with E-state index < -0.39 is 0 Å². The zero-order valence-electron chi connectivity index (χ0n) is 8.86. The van der Waals surface area contributed by atoms with Crippen LogP contribution in [0, 0.1) is 0 Å². The standard InChI is InChI=1S/C11H12Br2O2/c1-11(2)5-15-10-7(13)4-6(12)9(14-3)8(10)11/h4H,5H2,1-3H3. The van der Waals surface area contributed by atoms with Gasteiger partial charge in [-0.2, -0.15) is 0 Å². The van der Waals surface area contributed by atoms with Crippen molar-refractivity contribution >= 4 is 31.9 Å². The first-order valence-electron chi connectivity index (χ1n) is 4.66. The Morgan fingerprint density at radius 3 is 2.60 bits per heavy atom. The van der Waals surface area contributed by atoms with Gasteiger partial charge in [0.15, 0.2) is 0 Å². The van der Waals surface area contributed by atoms with Gasteiger partial charge in [-0.15, -0.1) is 0 Å². The fraction of sp³-hybridized carbons (Fsp3) is 0.455. The molecule has 0 amide bonds. The Balaban J connectivity index is 2.74. The van der Waals surface area contributed by atoms with Crippen molar-refractivity contribution in [3.05, 3.63) is 20.6 Å². The van der Waals surface area contributed by atoms with Crippen LogP contribution in [0.2, 0.25) is 0 Å². The maximum absolute atomic E-state index is 5.69. The Morgan fingerprint density at radius 1 is 1.33 bits per heavy atom. The van der Waals surface area contributed by atoms with E-state index in [2.05, 4.69) is 45.7 Å². The summed E-state index contributed by atoms with van der Waals surface area (Å²) < 4.78 is 13.0. The third-order valence-electron chi connectivity index (χ3n) is 2.60. The average Bonchev–Trinajstić information content (AvgIpc) is 2.44. The normalized spacial score (nSPS) is 17.1. The molecule has 2 rings (SSSR count). The predicted molar refractivity (Wildman–Crippen MR) is 66.9 cm³/mol. The van der Waals surface area contributed by atoms with Crippen molar-refractivity contribution < 1.29 is 9.47 Å². The van der Waals surface area contributed by atoms with E-state index >= 15 is 0 Å². The second-order valence-electron chi connectivity index (χ2n) is 4.25. The summed E-state index contributed by atoms with van der Waals surface area (Å²) in [6, 6.07) is 1.96. The van der Waals surface area contributed by atoms with Crippen LogP contribution in [-0.4, -0.2) is 13.7 Å². The van der Waals surface area contributed by atoms with Crippen LogP contribution in [0.3, 0.4) is 0 Å². The molecule has 0 aliphatic carbocycles. The molecule has 4 heteroatoms. The fourth-order valence-electron chi connectivity index (χ4n) is 1.86. The molecular formula is C11H12Br2O2. The van der Waals surface area contributed by atoms with E-state index in [4.69, 9.17) is 9.47 Å². The second kappa shape index (κ2) is 3.67. The van der Waals surface area contributed by atoms with Gasteiger partial charge in [-0.05, 0) is 37.9 Å². The minimum absolute atomic E-state index is 0.00697. The largest absolute Gasteiger partial charge is 0.495 e. The van der Waals surface area contributed by atoms with Gasteiger partial charge < -0.3 is 9.47 Å². The number of ether oxygens (including phenoxy) is 2. The molecule has 1 heterocycles. The maximum Gasteiger partial charge on any atom is 0.141 e. The topological polar surface area (TPSA) is 18.5 Å². The van der Waals surface area contributed by atoms with E-state index in [0.29, 0.717) is 6.61 Å². The molecule has 1 aliphatic heterocycles. The summed E-state index contributed by atoms with van der Waals surface area (Å²) in [5.41, 5.74) is 1.12. The number of halogens is 2. The van der Waals surface area contributed by atoms with Gasteiger partial charge in [0, 0.05) is 11.0 Å². The predicted octanol–water partition coefficient (Wildman–Crippen LogP) is 3.89. The molecule has 1 aromatic carbocycles. The Labute approximate surface area is 106 Å². The molecule has 0 spiro atoms. The molecule has 0 saturated carbocycles. The molecule has 0 unspecified atom stereocenters. The third-order valence-corrected chi connectivity index (χ3v) is 3.78. The van der Waals surface area contributed by atoms with E-state index in [1.54, 1.807) is 7.11 Å². The zero-order valence-corrected chi connectivity index (χ0v) is 12.0. The highest BCUT2D eigenvalue weighted by atomic mass is 79.9. The molecule has 0 bridgehead atoms. The molecule has 1 aliphatic rings. The first-order valence-corrected chi connectivity index (χ1v) is 6.25. The molecule has 0 N–H and O–H groups in total. The Kier molecular flexibility index (Phi) is 2.75. The monoisotopic (exact) mass is 334 g/mol. The van der Waals surface area contributed by atoms with Crippen molar-refractivity contribution in [3.63, 3.8) is 0 Å². The second-order valence-corrected chi connectivity index (χ2v) is 5.96. The van der Waals surface area contributed by atoms with E-state index in [0.717, 1.165) is 26.0 Å². The zero-order chi connectivity index (χ0) is 11.2. The minimum atomic E-state index is -0.00697. The highest BCUT2D eigenvalue weighted by molar-refractivity contribution is 9.11. The first-order chi connectivity index (χ1) is 6.97. The Morgan fingerprint density at radius 2 is 2.00 bits per heavy atom. The van der Waals surface area contributed by atoms with Gasteiger partial charge in [-0.25, -0.2) is 0 Å². The summed E-state index contributed by atoms with van der Waals surface area (Å²) in [7, 11) is 1.68. The van der Waals surface area contributed by atoms with Crippen LogP contribution in [0.4, 0.5) is 0 Å². The molecule has 0 radical (unpaired) electrons. The van der Waals surface area contributed by atoms with Gasteiger partial charge in [0.1, 0.15) is 11.5 Å². The SMILES string of the molecule is COc1c(Br)cc(Br)c2c1C(C)(C)CO2. The highest BCUT2D eigenvalue weighted by Gasteiger charge is 2.37. The smallest absolute Gasteiger partial charge is 0.141 e. The summed E-state index contributed by atoms with van der Waals surface area (Å²) in [5, 5.41) is 0. The minimum Gasteiger partial charge on any atom is -0.495 e. The molecule has 0 saturated heterocycles. The summed E-state index contributed by atoms with van der Waals surface area (Å²) >= 11 is 7.00. The number of benzene rings is 1. The summed E-state index contributed by atoms with van der Waals surface area (Å²) in [5.74, 6) is 1.77. The number of methoxy groups -OCH3 is 1. The van der Waals surface area contributed by atoms with Crippen LogP contribution in [0.25, 0.3) is 0 Å². The van der Waals surface area contributed by atoms with Gasteiger partial charge in [0.2, 0.25) is 0 Å². The van der Waals surface area contributed by atoms with Gasteiger partial charge in [0.25, 0.3) is 0 Å². The lowest BCUT2D eigenvalue weighted by molar-refractivity contribution is 0.288. The van der Waals surface area contributed by atoms with Crippen molar-refractivity contribution in [1.29, 1.82) is 0 Å². The number of rotatable bonds is 1. The van der Waals surface area contributed by atoms with E-state index in [9.17, 15) is 0 Å². The fourth-order valence-corrected chi connectivity index (χ4v) is 3.30. The quantitative estimate of drug-likeness (QED) is 0.775. The van der Waals surface area contributed by atoms with E-state index in [1.807, 2.05) is 6.07 Å². The van der Waals surface area contributed by atoms with Crippen molar-refractivity contribution in [2.45, 2.75) is 19.3 Å². The maximum atomic E-state index is 5.69. The van der Waals surface area contributed by atoms with Crippen molar-refractivity contribution in [1.82, 2.24) is 0 Å². The lowest BCUT2D eigenvalue weighted by Gasteiger charge is -2.19. The van der Waals surface area contributed by atoms with Gasteiger partial charge in [0.05, 0.1) is 22.7 Å². The van der Waals surface area contributed by atoms with Gasteiger partial charge in [-0.1, -0.05) is 13.8 Å². The molecule has 0 atom stereocenters. The Hall–Kier alpha value is -0.220. The first kappa shape index (κ1) is 11.3. The van der Waals surface area contributed by atoms with Crippen molar-refractivity contribution in [3.8, 4) is 11.5 Å². The van der Waals surface area contributed by atoms with Crippen LogP contribution in [0.15, 0.2) is 15.0 Å². The lowest BCUT2D eigenvalue weighted by Crippen LogP contribution is -2.19. The van der Waals surface area contributed by atoms with Crippen LogP contribution in [0.1, 0.15) is 19.4 Å². The number of hydrogen-bond acceptors (Lipinski definition) is 2. The van der Waals surface area contributed by atoms with Crippen LogP contribution < -0.4 is 9.47 Å². The van der Waals surface area contributed by atoms with Crippen LogP contribution >= 0.6 is 31.9 Å². The average molecular weight is 336 g/mol. The van der Waals surface area contributed by atoms with E-state index in [-0.39, 0.29) is 5.41 Å². The molecule has 15 heavy (non-hydrogen) atoms. The highest BCUT2D eigenvalue weighted by Crippen LogP contribution is 2.50. The van der Waals surface area contributed by atoms with Crippen LogP contribution in [0.5, 0.6) is 11.5 Å². The third kappa shape index (κ3) is 1.68. The van der Waals surface area contributed by atoms with Crippen LogP contribution in [-0.2, 0) is 5.41 Å². The van der Waals surface area contributed by atoms with E-state index in [1.165, 1.54) is 0 Å². The molecule has 82 valence electrons. The summed E-state index contributed by atoms with van der Waals surface area (Å²) in [6.45, 7) is 4.99. The lowest BCUT2D eigenvalue weighted by atomic mass is 9.86. The summed E-state index contributed by atoms with van der Waals surface area (Å²) in [4.78, 5) is 0. The molecular weight excluding hydrogens is 324 g/mol. The number of hydrogen-bond donors (Lipinski definition) is 0. The molecule has 0 aromatic heterocycles. The van der Waals surface area contributed by atoms with Gasteiger partial charge >= 0.3 is 0 Å². The molecule has 2 nitrogen and oxygen atoms in total. The molecule has 0 fully saturated rings. The van der Waals surface area contributed by atoms with Gasteiger partial charge in [-0.3, -0.25) is 0 Å². The molecule has 1 aromatic rings.